The van der Waals surface area contributed by atoms with Gasteiger partial charge in [-0.05, 0) is 67.9 Å². The van der Waals surface area contributed by atoms with Gasteiger partial charge in [0.25, 0.3) is 0 Å². The van der Waals surface area contributed by atoms with Crippen molar-refractivity contribution in [2.75, 3.05) is 0 Å². The number of thiophene rings is 1. The average molecular weight is 465 g/mol. The molecule has 0 saturated carbocycles. The van der Waals surface area contributed by atoms with Crippen LogP contribution in [0.4, 0.5) is 0 Å². The first-order chi connectivity index (χ1) is 17.3. The van der Waals surface area contributed by atoms with Crippen LogP contribution in [0.5, 0.6) is 0 Å². The standard InChI is InChI=1S/C34H24S/c1-2-22-14-15-25-21-32(28-9-4-3-8-27(28)31(25)20-22)24-18-16-23(17-19-24)26-11-7-12-30-29-10-5-6-13-33(29)35-34(26)30/h3-21H,2H2,1H3. The Morgan fingerprint density at radius 3 is 2.00 bits per heavy atom. The van der Waals surface area contributed by atoms with Gasteiger partial charge in [0, 0.05) is 20.2 Å². The molecule has 0 fully saturated rings. The summed E-state index contributed by atoms with van der Waals surface area (Å²) in [5, 5.41) is 7.98. The Balaban J connectivity index is 1.39. The van der Waals surface area contributed by atoms with E-state index in [4.69, 9.17) is 0 Å². The van der Waals surface area contributed by atoms with E-state index in [2.05, 4.69) is 122 Å². The number of aryl methyl sites for hydroxylation is 1. The van der Waals surface area contributed by atoms with Crippen molar-refractivity contribution < 1.29 is 0 Å². The lowest BCUT2D eigenvalue weighted by atomic mass is 9.91. The summed E-state index contributed by atoms with van der Waals surface area (Å²) in [6, 6.07) is 42.6. The van der Waals surface area contributed by atoms with Gasteiger partial charge in [-0.1, -0.05) is 110 Å². The van der Waals surface area contributed by atoms with Crippen molar-refractivity contribution in [3.8, 4) is 22.3 Å². The van der Waals surface area contributed by atoms with E-state index >= 15 is 0 Å². The van der Waals surface area contributed by atoms with Gasteiger partial charge < -0.3 is 0 Å². The fraction of sp³-hybridized carbons (Fsp3) is 0.0588. The van der Waals surface area contributed by atoms with Gasteiger partial charge in [-0.25, -0.2) is 0 Å². The minimum absolute atomic E-state index is 1.06. The summed E-state index contributed by atoms with van der Waals surface area (Å²) in [6.45, 7) is 2.22. The van der Waals surface area contributed by atoms with Gasteiger partial charge in [-0.2, -0.15) is 0 Å². The molecule has 166 valence electrons. The Morgan fingerprint density at radius 1 is 0.514 bits per heavy atom. The lowest BCUT2D eigenvalue weighted by Crippen LogP contribution is -1.87. The van der Waals surface area contributed by atoms with Crippen molar-refractivity contribution in [2.24, 2.45) is 0 Å². The normalized spacial score (nSPS) is 11.7. The number of benzene rings is 6. The lowest BCUT2D eigenvalue weighted by Gasteiger charge is -2.13. The summed E-state index contributed by atoms with van der Waals surface area (Å²) < 4.78 is 2.71. The largest absolute Gasteiger partial charge is 0.135 e. The number of hydrogen-bond donors (Lipinski definition) is 0. The van der Waals surface area contributed by atoms with Crippen molar-refractivity contribution in [1.82, 2.24) is 0 Å². The van der Waals surface area contributed by atoms with Gasteiger partial charge in [0.1, 0.15) is 0 Å². The summed E-state index contributed by atoms with van der Waals surface area (Å²) in [7, 11) is 0. The molecule has 0 atom stereocenters. The molecule has 1 heterocycles. The highest BCUT2D eigenvalue weighted by molar-refractivity contribution is 7.26. The molecule has 0 nitrogen and oxygen atoms in total. The van der Waals surface area contributed by atoms with Crippen LogP contribution in [0.3, 0.4) is 0 Å². The van der Waals surface area contributed by atoms with Crippen molar-refractivity contribution >= 4 is 53.1 Å². The highest BCUT2D eigenvalue weighted by Gasteiger charge is 2.12. The zero-order chi connectivity index (χ0) is 23.4. The van der Waals surface area contributed by atoms with E-state index in [0.29, 0.717) is 0 Å². The van der Waals surface area contributed by atoms with Gasteiger partial charge in [0.2, 0.25) is 0 Å². The molecule has 0 aliphatic rings. The second-order valence-electron chi connectivity index (χ2n) is 9.24. The topological polar surface area (TPSA) is 0 Å². The Kier molecular flexibility index (Phi) is 4.72. The molecule has 1 aromatic heterocycles. The molecule has 0 radical (unpaired) electrons. The fourth-order valence-corrected chi connectivity index (χ4v) is 6.65. The van der Waals surface area contributed by atoms with E-state index in [1.165, 1.54) is 69.5 Å². The molecule has 0 saturated heterocycles. The van der Waals surface area contributed by atoms with E-state index in [1.54, 1.807) is 0 Å². The van der Waals surface area contributed by atoms with Gasteiger partial charge in [-0.15, -0.1) is 11.3 Å². The molecule has 0 bridgehead atoms. The zero-order valence-electron chi connectivity index (χ0n) is 19.6. The first kappa shape index (κ1) is 20.4. The number of hydrogen-bond acceptors (Lipinski definition) is 1. The van der Waals surface area contributed by atoms with Gasteiger partial charge >= 0.3 is 0 Å². The molecule has 7 aromatic rings. The molecule has 0 aliphatic carbocycles. The molecule has 0 amide bonds. The maximum Gasteiger partial charge on any atom is 0.0433 e. The molecule has 0 spiro atoms. The Morgan fingerprint density at radius 2 is 1.20 bits per heavy atom. The van der Waals surface area contributed by atoms with Crippen LogP contribution >= 0.6 is 11.3 Å². The van der Waals surface area contributed by atoms with Gasteiger partial charge in [0.15, 0.2) is 0 Å². The van der Waals surface area contributed by atoms with E-state index in [9.17, 15) is 0 Å². The summed E-state index contributed by atoms with van der Waals surface area (Å²) in [4.78, 5) is 0. The third kappa shape index (κ3) is 3.27. The first-order valence-electron chi connectivity index (χ1n) is 12.3. The minimum atomic E-state index is 1.06. The smallest absolute Gasteiger partial charge is 0.0433 e. The maximum absolute atomic E-state index is 2.36. The van der Waals surface area contributed by atoms with Crippen LogP contribution in [-0.2, 0) is 6.42 Å². The number of rotatable bonds is 3. The number of fused-ring (bicyclic) bond motifs is 6. The first-order valence-corrected chi connectivity index (χ1v) is 13.1. The summed E-state index contributed by atoms with van der Waals surface area (Å²) in [5.74, 6) is 0. The van der Waals surface area contributed by atoms with E-state index in [-0.39, 0.29) is 0 Å². The van der Waals surface area contributed by atoms with Crippen LogP contribution in [-0.4, -0.2) is 0 Å². The molecule has 7 rings (SSSR count). The second-order valence-corrected chi connectivity index (χ2v) is 10.3. The molecule has 0 unspecified atom stereocenters. The zero-order valence-corrected chi connectivity index (χ0v) is 20.4. The SMILES string of the molecule is CCc1ccc2cc(-c3ccc(-c4cccc5c4sc4ccccc45)cc3)c3ccccc3c2c1. The second kappa shape index (κ2) is 8.08. The van der Waals surface area contributed by atoms with Crippen molar-refractivity contribution in [3.63, 3.8) is 0 Å². The van der Waals surface area contributed by atoms with E-state index < -0.39 is 0 Å². The van der Waals surface area contributed by atoms with Gasteiger partial charge in [-0.3, -0.25) is 0 Å². The monoisotopic (exact) mass is 464 g/mol. The van der Waals surface area contributed by atoms with Crippen LogP contribution < -0.4 is 0 Å². The summed E-state index contributed by atoms with van der Waals surface area (Å²) in [6.07, 6.45) is 1.06. The molecular weight excluding hydrogens is 440 g/mol. The lowest BCUT2D eigenvalue weighted by molar-refractivity contribution is 1.15. The molecule has 0 aliphatic heterocycles. The van der Waals surface area contributed by atoms with E-state index in [0.717, 1.165) is 6.42 Å². The highest BCUT2D eigenvalue weighted by Crippen LogP contribution is 2.41. The third-order valence-electron chi connectivity index (χ3n) is 7.24. The minimum Gasteiger partial charge on any atom is -0.135 e. The van der Waals surface area contributed by atoms with Crippen LogP contribution in [0.1, 0.15) is 12.5 Å². The molecular formula is C34H24S. The molecule has 1 heteroatoms. The van der Waals surface area contributed by atoms with Crippen molar-refractivity contribution in [2.45, 2.75) is 13.3 Å². The predicted molar refractivity (Wildman–Crippen MR) is 155 cm³/mol. The third-order valence-corrected chi connectivity index (χ3v) is 8.46. The van der Waals surface area contributed by atoms with Gasteiger partial charge in [0.05, 0.1) is 0 Å². The van der Waals surface area contributed by atoms with Crippen molar-refractivity contribution in [3.05, 3.63) is 121 Å². The summed E-state index contributed by atoms with van der Waals surface area (Å²) >= 11 is 1.89. The Labute approximate surface area is 209 Å². The Hall–Kier alpha value is -3.94. The van der Waals surface area contributed by atoms with Crippen LogP contribution in [0.15, 0.2) is 115 Å². The molecule has 35 heavy (non-hydrogen) atoms. The van der Waals surface area contributed by atoms with Crippen LogP contribution in [0.2, 0.25) is 0 Å². The van der Waals surface area contributed by atoms with Crippen molar-refractivity contribution in [1.29, 1.82) is 0 Å². The molecule has 6 aromatic carbocycles. The fourth-order valence-electron chi connectivity index (χ4n) is 5.41. The predicted octanol–water partition coefficient (Wildman–Crippen LogP) is 10.3. The molecule has 0 N–H and O–H groups in total. The van der Waals surface area contributed by atoms with Crippen LogP contribution in [0, 0.1) is 0 Å². The summed E-state index contributed by atoms with van der Waals surface area (Å²) in [5.41, 5.74) is 6.52. The van der Waals surface area contributed by atoms with E-state index in [1.807, 2.05) is 11.3 Å². The average Bonchev–Trinajstić information content (AvgIpc) is 3.31. The van der Waals surface area contributed by atoms with Crippen LogP contribution in [0.25, 0.3) is 64.0 Å². The Bertz CT molecular complexity index is 1870. The maximum atomic E-state index is 2.36. The quantitative estimate of drug-likeness (QED) is 0.228. The highest BCUT2D eigenvalue weighted by atomic mass is 32.1.